The molecule has 1 N–H and O–H groups in total. The van der Waals surface area contributed by atoms with Gasteiger partial charge in [-0.1, -0.05) is 120 Å². The van der Waals surface area contributed by atoms with Crippen molar-refractivity contribution in [3.05, 3.63) is 60.8 Å². The van der Waals surface area contributed by atoms with Crippen LogP contribution in [0.25, 0.3) is 0 Å². The molecule has 4 nitrogen and oxygen atoms in total. The second kappa shape index (κ2) is 29.2. The number of hydrogen-bond donors (Lipinski definition) is 1. The molecule has 0 saturated carbocycles. The van der Waals surface area contributed by atoms with Crippen LogP contribution < -0.4 is 0 Å². The predicted octanol–water partition coefficient (Wildman–Crippen LogP) is 10.2. The Morgan fingerprint density at radius 3 is 1.55 bits per heavy atom. The number of rotatable bonds is 26. The summed E-state index contributed by atoms with van der Waals surface area (Å²) in [6.07, 6.45) is 39.5. The van der Waals surface area contributed by atoms with Gasteiger partial charge in [-0.3, -0.25) is 9.59 Å². The topological polar surface area (TPSA) is 63.6 Å². The Labute approximate surface area is 234 Å². The predicted molar refractivity (Wildman–Crippen MR) is 162 cm³/mol. The summed E-state index contributed by atoms with van der Waals surface area (Å²) in [5.74, 6) is -0.872. The first-order valence-electron chi connectivity index (χ1n) is 15.3. The summed E-state index contributed by atoms with van der Waals surface area (Å²) in [6, 6.07) is 0. The summed E-state index contributed by atoms with van der Waals surface area (Å²) in [7, 11) is 0. The second-order valence-electron chi connectivity index (χ2n) is 9.93. The van der Waals surface area contributed by atoms with E-state index in [0.29, 0.717) is 6.42 Å². The van der Waals surface area contributed by atoms with E-state index in [2.05, 4.69) is 62.5 Å². The van der Waals surface area contributed by atoms with Gasteiger partial charge in [0.25, 0.3) is 0 Å². The maximum absolute atomic E-state index is 12.4. The molecule has 0 radical (unpaired) electrons. The maximum Gasteiger partial charge on any atom is 0.309 e. The summed E-state index contributed by atoms with van der Waals surface area (Å²) in [5, 5.41) is 8.76. The van der Waals surface area contributed by atoms with Gasteiger partial charge in [0.2, 0.25) is 0 Å². The molecule has 0 aromatic rings. The van der Waals surface area contributed by atoms with Crippen molar-refractivity contribution >= 4 is 11.9 Å². The molecule has 0 spiro atoms. The number of aliphatic carboxylic acids is 1. The van der Waals surface area contributed by atoms with Crippen molar-refractivity contribution in [3.63, 3.8) is 0 Å². The molecule has 0 bridgehead atoms. The molecule has 0 aromatic carbocycles. The van der Waals surface area contributed by atoms with Crippen molar-refractivity contribution in [3.8, 4) is 0 Å². The van der Waals surface area contributed by atoms with Crippen LogP contribution in [-0.4, -0.2) is 23.1 Å². The summed E-state index contributed by atoms with van der Waals surface area (Å²) in [5.41, 5.74) is 0. The van der Waals surface area contributed by atoms with Gasteiger partial charge in [-0.2, -0.15) is 0 Å². The van der Waals surface area contributed by atoms with Crippen LogP contribution in [-0.2, 0) is 14.3 Å². The van der Waals surface area contributed by atoms with Gasteiger partial charge in [0.15, 0.2) is 0 Å². The zero-order chi connectivity index (χ0) is 27.9. The number of carbonyl (C=O) groups is 2. The molecule has 0 rings (SSSR count). The van der Waals surface area contributed by atoms with Gasteiger partial charge in [-0.15, -0.1) is 0 Å². The van der Waals surface area contributed by atoms with Gasteiger partial charge in [0.05, 0.1) is 6.42 Å². The number of allylic oxidation sites excluding steroid dienone is 9. The molecule has 0 heterocycles. The highest BCUT2D eigenvalue weighted by molar-refractivity contribution is 5.71. The van der Waals surface area contributed by atoms with E-state index in [0.717, 1.165) is 77.0 Å². The molecular formula is C34H56O4. The number of carboxylic acids is 1. The van der Waals surface area contributed by atoms with Crippen LogP contribution in [0.15, 0.2) is 60.8 Å². The summed E-state index contributed by atoms with van der Waals surface area (Å²) in [6.45, 7) is 4.37. The van der Waals surface area contributed by atoms with E-state index in [9.17, 15) is 9.59 Å². The largest absolute Gasteiger partial charge is 0.481 e. The van der Waals surface area contributed by atoms with E-state index in [-0.39, 0.29) is 18.5 Å². The Morgan fingerprint density at radius 2 is 1.05 bits per heavy atom. The monoisotopic (exact) mass is 528 g/mol. The van der Waals surface area contributed by atoms with Crippen molar-refractivity contribution in [2.75, 3.05) is 0 Å². The van der Waals surface area contributed by atoms with E-state index in [1.807, 2.05) is 12.2 Å². The Morgan fingerprint density at radius 1 is 0.605 bits per heavy atom. The quantitative estimate of drug-likeness (QED) is 0.0689. The minimum Gasteiger partial charge on any atom is -0.481 e. The molecule has 0 fully saturated rings. The zero-order valence-electron chi connectivity index (χ0n) is 24.5. The van der Waals surface area contributed by atoms with Gasteiger partial charge in [0.1, 0.15) is 6.10 Å². The number of unbranched alkanes of at least 4 members (excludes halogenated alkanes) is 8. The lowest BCUT2D eigenvalue weighted by Gasteiger charge is -2.18. The Hall–Kier alpha value is -2.36. The van der Waals surface area contributed by atoms with Crippen LogP contribution >= 0.6 is 0 Å². The molecule has 38 heavy (non-hydrogen) atoms. The minimum absolute atomic E-state index is 0.0177. The first-order valence-corrected chi connectivity index (χ1v) is 15.3. The molecular weight excluding hydrogens is 472 g/mol. The van der Waals surface area contributed by atoms with E-state index in [1.165, 1.54) is 32.1 Å². The van der Waals surface area contributed by atoms with Crippen molar-refractivity contribution < 1.29 is 19.4 Å². The lowest BCUT2D eigenvalue weighted by molar-refractivity contribution is -0.148. The summed E-state index contributed by atoms with van der Waals surface area (Å²) < 4.78 is 5.82. The first-order chi connectivity index (χ1) is 18.6. The Kier molecular flexibility index (Phi) is 27.4. The molecule has 0 aliphatic rings. The Balaban J connectivity index is 4.17. The third kappa shape index (κ3) is 28.2. The fraction of sp³-hybridized carbons (Fsp3) is 0.647. The highest BCUT2D eigenvalue weighted by Gasteiger charge is 2.13. The van der Waals surface area contributed by atoms with E-state index >= 15 is 0 Å². The number of ether oxygens (including phenoxy) is 1. The van der Waals surface area contributed by atoms with Gasteiger partial charge in [-0.25, -0.2) is 0 Å². The summed E-state index contributed by atoms with van der Waals surface area (Å²) in [4.78, 5) is 23.0. The number of carboxylic acid groups (broad SMARTS) is 1. The van der Waals surface area contributed by atoms with Crippen LogP contribution in [0.5, 0.6) is 0 Å². The lowest BCUT2D eigenvalue weighted by Crippen LogP contribution is -2.18. The van der Waals surface area contributed by atoms with Crippen molar-refractivity contribution in [2.24, 2.45) is 0 Å². The van der Waals surface area contributed by atoms with Crippen molar-refractivity contribution in [1.29, 1.82) is 0 Å². The maximum atomic E-state index is 12.4. The third-order valence-corrected chi connectivity index (χ3v) is 6.29. The van der Waals surface area contributed by atoms with Crippen molar-refractivity contribution in [1.82, 2.24) is 0 Å². The van der Waals surface area contributed by atoms with Gasteiger partial charge < -0.3 is 9.84 Å². The number of esters is 1. The average molecular weight is 529 g/mol. The summed E-state index contributed by atoms with van der Waals surface area (Å²) >= 11 is 0. The highest BCUT2D eigenvalue weighted by atomic mass is 16.5. The molecule has 0 aliphatic heterocycles. The average Bonchev–Trinajstić information content (AvgIpc) is 2.89. The van der Waals surface area contributed by atoms with Crippen LogP contribution in [0.3, 0.4) is 0 Å². The smallest absolute Gasteiger partial charge is 0.309 e. The third-order valence-electron chi connectivity index (χ3n) is 6.29. The fourth-order valence-corrected chi connectivity index (χ4v) is 4.08. The van der Waals surface area contributed by atoms with Crippen LogP contribution in [0, 0.1) is 0 Å². The SMILES string of the molecule is CC/C=C\C/C=C\C/C=C\C/C=C\C/C=C\CC(=O)OC(CCCCCCCC)CCCCCCC(=O)O. The zero-order valence-corrected chi connectivity index (χ0v) is 24.5. The van der Waals surface area contributed by atoms with Crippen molar-refractivity contribution in [2.45, 2.75) is 142 Å². The van der Waals surface area contributed by atoms with Gasteiger partial charge in [0, 0.05) is 6.42 Å². The number of hydrogen-bond acceptors (Lipinski definition) is 3. The molecule has 1 unspecified atom stereocenters. The molecule has 1 atom stereocenters. The van der Waals surface area contributed by atoms with Crippen LogP contribution in [0.2, 0.25) is 0 Å². The Bertz CT molecular complexity index is 699. The number of carbonyl (C=O) groups excluding carboxylic acids is 1. The molecule has 216 valence electrons. The van der Waals surface area contributed by atoms with E-state index in [4.69, 9.17) is 9.84 Å². The van der Waals surface area contributed by atoms with Crippen LogP contribution in [0.1, 0.15) is 136 Å². The molecule has 0 aliphatic carbocycles. The van der Waals surface area contributed by atoms with E-state index < -0.39 is 5.97 Å². The minimum atomic E-state index is -0.727. The second-order valence-corrected chi connectivity index (χ2v) is 9.93. The standard InChI is InChI=1S/C34H56O4/c1-3-5-7-9-11-12-13-14-15-16-17-18-19-21-27-31-34(37)38-32(28-24-20-10-8-6-4-2)29-25-22-23-26-30-33(35)36/h5,7,11-12,14-15,17-18,21,27,32H,3-4,6,8-10,13,16,19-20,22-26,28-31H2,1-2H3,(H,35,36)/b7-5-,12-11-,15-14-,18-17-,27-21-. The molecule has 0 saturated heterocycles. The van der Waals surface area contributed by atoms with Crippen LogP contribution in [0.4, 0.5) is 0 Å². The normalized spacial score (nSPS) is 13.1. The fourth-order valence-electron chi connectivity index (χ4n) is 4.08. The lowest BCUT2D eigenvalue weighted by atomic mass is 10.0. The highest BCUT2D eigenvalue weighted by Crippen LogP contribution is 2.17. The van der Waals surface area contributed by atoms with Gasteiger partial charge in [-0.05, 0) is 64.2 Å². The van der Waals surface area contributed by atoms with Gasteiger partial charge >= 0.3 is 11.9 Å². The molecule has 0 amide bonds. The first kappa shape index (κ1) is 35.6. The molecule has 4 heteroatoms. The van der Waals surface area contributed by atoms with E-state index in [1.54, 1.807) is 0 Å². The molecule has 0 aromatic heterocycles.